The van der Waals surface area contributed by atoms with Crippen LogP contribution in [-0.2, 0) is 6.54 Å². The molecule has 0 radical (unpaired) electrons. The highest BCUT2D eigenvalue weighted by atomic mass is 32.1. The molecule has 0 aromatic carbocycles. The van der Waals surface area contributed by atoms with Crippen molar-refractivity contribution in [1.82, 2.24) is 4.57 Å². The van der Waals surface area contributed by atoms with Crippen LogP contribution in [0.2, 0.25) is 0 Å². The highest BCUT2D eigenvalue weighted by molar-refractivity contribution is 7.71. The first-order valence-electron chi connectivity index (χ1n) is 3.51. The largest absolute Gasteiger partial charge is 0.339 e. The fraction of sp³-hybridized carbons (Fsp3) is 0.286. The predicted molar refractivity (Wildman–Crippen MR) is 49.3 cm³/mol. The maximum atomic E-state index is 8.04. The van der Waals surface area contributed by atoms with Crippen molar-refractivity contribution in [2.24, 2.45) is 5.11 Å². The minimum Gasteiger partial charge on any atom is -0.339 e. The monoisotopic (exact) mass is 180 g/mol. The zero-order chi connectivity index (χ0) is 8.81. The van der Waals surface area contributed by atoms with Gasteiger partial charge < -0.3 is 4.57 Å². The zero-order valence-electron chi connectivity index (χ0n) is 6.42. The Morgan fingerprint density at radius 1 is 1.58 bits per heavy atom. The Balaban J connectivity index is 2.69. The van der Waals surface area contributed by atoms with E-state index in [1.54, 1.807) is 0 Å². The van der Waals surface area contributed by atoms with Gasteiger partial charge in [0.05, 0.1) is 0 Å². The Labute approximate surface area is 75.1 Å². The SMILES string of the molecule is [N-]=[N+]=NCCn1ccccc1=S. The molecule has 1 rings (SSSR count). The van der Waals surface area contributed by atoms with Crippen molar-refractivity contribution in [1.29, 1.82) is 0 Å². The molecule has 0 fully saturated rings. The van der Waals surface area contributed by atoms with E-state index in [2.05, 4.69) is 10.0 Å². The normalized spacial score (nSPS) is 9.00. The summed E-state index contributed by atoms with van der Waals surface area (Å²) in [5, 5.41) is 3.42. The molecule has 1 heterocycles. The summed E-state index contributed by atoms with van der Waals surface area (Å²) in [6.07, 6.45) is 1.87. The van der Waals surface area contributed by atoms with E-state index in [4.69, 9.17) is 17.7 Å². The lowest BCUT2D eigenvalue weighted by Gasteiger charge is -2.01. The lowest BCUT2D eigenvalue weighted by atomic mass is 10.5. The smallest absolute Gasteiger partial charge is 0.105 e. The maximum Gasteiger partial charge on any atom is 0.105 e. The molecule has 0 saturated carbocycles. The van der Waals surface area contributed by atoms with Gasteiger partial charge in [0, 0.05) is 24.2 Å². The lowest BCUT2D eigenvalue weighted by Crippen LogP contribution is -2.01. The number of nitrogens with zero attached hydrogens (tertiary/aromatic N) is 4. The third kappa shape index (κ3) is 2.38. The Kier molecular flexibility index (Phi) is 3.32. The van der Waals surface area contributed by atoms with Crippen LogP contribution in [0.3, 0.4) is 0 Å². The van der Waals surface area contributed by atoms with Crippen molar-refractivity contribution in [3.8, 4) is 0 Å². The van der Waals surface area contributed by atoms with Crippen LogP contribution in [0.1, 0.15) is 0 Å². The molecule has 4 nitrogen and oxygen atoms in total. The van der Waals surface area contributed by atoms with Gasteiger partial charge in [-0.3, -0.25) is 0 Å². The summed E-state index contributed by atoms with van der Waals surface area (Å²) in [4.78, 5) is 2.66. The van der Waals surface area contributed by atoms with Gasteiger partial charge in [0.1, 0.15) is 4.64 Å². The maximum absolute atomic E-state index is 8.04. The number of aromatic nitrogens is 1. The van der Waals surface area contributed by atoms with Crippen LogP contribution in [0.25, 0.3) is 10.4 Å². The minimum atomic E-state index is 0.439. The van der Waals surface area contributed by atoms with Gasteiger partial charge in [-0.15, -0.1) is 0 Å². The number of hydrogen-bond donors (Lipinski definition) is 0. The first-order chi connectivity index (χ1) is 5.84. The van der Waals surface area contributed by atoms with Crippen LogP contribution in [0, 0.1) is 4.64 Å². The molecule has 12 heavy (non-hydrogen) atoms. The predicted octanol–water partition coefficient (Wildman–Crippen LogP) is 2.53. The Morgan fingerprint density at radius 2 is 2.42 bits per heavy atom. The van der Waals surface area contributed by atoms with Crippen molar-refractivity contribution in [3.05, 3.63) is 39.5 Å². The molecule has 0 spiro atoms. The van der Waals surface area contributed by atoms with Crippen molar-refractivity contribution >= 4 is 12.2 Å². The third-order valence-electron chi connectivity index (χ3n) is 1.40. The summed E-state index contributed by atoms with van der Waals surface area (Å²) in [6, 6.07) is 5.61. The van der Waals surface area contributed by atoms with Gasteiger partial charge in [-0.2, -0.15) is 0 Å². The summed E-state index contributed by atoms with van der Waals surface area (Å²) in [6.45, 7) is 1.08. The van der Waals surface area contributed by atoms with Crippen molar-refractivity contribution in [2.45, 2.75) is 6.54 Å². The summed E-state index contributed by atoms with van der Waals surface area (Å²) >= 11 is 5.03. The van der Waals surface area contributed by atoms with Gasteiger partial charge in [0.15, 0.2) is 0 Å². The number of pyridine rings is 1. The Bertz CT molecular complexity index is 350. The fourth-order valence-electron chi connectivity index (χ4n) is 0.843. The molecule has 1 aromatic rings. The van der Waals surface area contributed by atoms with E-state index in [0.717, 1.165) is 4.64 Å². The topological polar surface area (TPSA) is 53.7 Å². The van der Waals surface area contributed by atoms with Crippen LogP contribution in [0.15, 0.2) is 29.5 Å². The third-order valence-corrected chi connectivity index (χ3v) is 1.77. The van der Waals surface area contributed by atoms with E-state index >= 15 is 0 Å². The number of hydrogen-bond acceptors (Lipinski definition) is 2. The lowest BCUT2D eigenvalue weighted by molar-refractivity contribution is 0.692. The number of azide groups is 1. The first kappa shape index (κ1) is 8.77. The quantitative estimate of drug-likeness (QED) is 0.305. The van der Waals surface area contributed by atoms with Gasteiger partial charge in [-0.25, -0.2) is 0 Å². The average Bonchev–Trinajstić information content (AvgIpc) is 2.09. The molecular weight excluding hydrogens is 172 g/mol. The summed E-state index contributed by atoms with van der Waals surface area (Å²) < 4.78 is 2.62. The van der Waals surface area contributed by atoms with Crippen LogP contribution in [0.5, 0.6) is 0 Å². The second kappa shape index (κ2) is 4.54. The second-order valence-corrected chi connectivity index (χ2v) is 2.61. The van der Waals surface area contributed by atoms with E-state index in [1.807, 2.05) is 29.0 Å². The van der Waals surface area contributed by atoms with Crippen LogP contribution in [-0.4, -0.2) is 11.1 Å². The molecule has 0 N–H and O–H groups in total. The van der Waals surface area contributed by atoms with E-state index in [1.165, 1.54) is 0 Å². The highest BCUT2D eigenvalue weighted by Gasteiger charge is 1.87. The van der Waals surface area contributed by atoms with Crippen LogP contribution >= 0.6 is 12.2 Å². The van der Waals surface area contributed by atoms with Crippen LogP contribution in [0.4, 0.5) is 0 Å². The molecular formula is C7H8N4S. The van der Waals surface area contributed by atoms with Gasteiger partial charge in [-0.1, -0.05) is 23.4 Å². The second-order valence-electron chi connectivity index (χ2n) is 2.19. The molecule has 0 amide bonds. The molecule has 0 atom stereocenters. The molecule has 62 valence electrons. The molecule has 0 bridgehead atoms. The van der Waals surface area contributed by atoms with Crippen molar-refractivity contribution < 1.29 is 0 Å². The van der Waals surface area contributed by atoms with E-state index in [9.17, 15) is 0 Å². The van der Waals surface area contributed by atoms with E-state index < -0.39 is 0 Å². The molecule has 5 heteroatoms. The standard InChI is InChI=1S/C7H8N4S/c8-10-9-4-6-11-5-2-1-3-7(11)12/h1-3,5H,4,6H2. The van der Waals surface area contributed by atoms with E-state index in [-0.39, 0.29) is 0 Å². The van der Waals surface area contributed by atoms with Crippen molar-refractivity contribution in [2.75, 3.05) is 6.54 Å². The molecule has 0 aliphatic rings. The van der Waals surface area contributed by atoms with Gasteiger partial charge in [0.2, 0.25) is 0 Å². The molecule has 1 aromatic heterocycles. The minimum absolute atomic E-state index is 0.439. The molecule has 0 unspecified atom stereocenters. The highest BCUT2D eigenvalue weighted by Crippen LogP contribution is 1.93. The van der Waals surface area contributed by atoms with Crippen molar-refractivity contribution in [3.63, 3.8) is 0 Å². The van der Waals surface area contributed by atoms with Gasteiger partial charge in [-0.05, 0) is 17.7 Å². The molecule has 0 aliphatic heterocycles. The first-order valence-corrected chi connectivity index (χ1v) is 3.92. The fourth-order valence-corrected chi connectivity index (χ4v) is 1.07. The summed E-state index contributed by atoms with van der Waals surface area (Å²) in [7, 11) is 0. The molecule has 0 aliphatic carbocycles. The molecule has 0 saturated heterocycles. The van der Waals surface area contributed by atoms with E-state index in [0.29, 0.717) is 13.1 Å². The number of rotatable bonds is 3. The summed E-state index contributed by atoms with van der Waals surface area (Å²) in [5.41, 5.74) is 8.04. The van der Waals surface area contributed by atoms with Gasteiger partial charge >= 0.3 is 0 Å². The average molecular weight is 180 g/mol. The Hall–Kier alpha value is -1.32. The Morgan fingerprint density at radius 3 is 3.08 bits per heavy atom. The van der Waals surface area contributed by atoms with Gasteiger partial charge in [0.25, 0.3) is 0 Å². The van der Waals surface area contributed by atoms with Crippen LogP contribution < -0.4 is 0 Å². The zero-order valence-corrected chi connectivity index (χ0v) is 7.24. The summed E-state index contributed by atoms with van der Waals surface area (Å²) in [5.74, 6) is 0.